The first-order valence-electron chi connectivity index (χ1n) is 13.0. The number of allylic oxidation sites excluding steroid dienone is 1. The standard InChI is InChI=1S/C31H35NO4/c1-2-28(24-14-17-29-30(18-24)36-21-35-29)31(22-8-4-3-5-9-22)23-12-15-27(16-13-23)34-20-26(33)19-32-25-10-6-7-11-25/h3-5,8-9,12-18,25-26,32-33H,2,6-7,10-11,19-21H2,1H3/b31-28-. The van der Waals surface area contributed by atoms with Gasteiger partial charge in [0.05, 0.1) is 0 Å². The van der Waals surface area contributed by atoms with Crippen LogP contribution in [0.4, 0.5) is 0 Å². The summed E-state index contributed by atoms with van der Waals surface area (Å²) in [6.07, 6.45) is 5.32. The molecule has 2 N–H and O–H groups in total. The van der Waals surface area contributed by atoms with Gasteiger partial charge in [0, 0.05) is 12.6 Å². The van der Waals surface area contributed by atoms with Gasteiger partial charge in [-0.1, -0.05) is 68.3 Å². The van der Waals surface area contributed by atoms with Crippen LogP contribution in [0.5, 0.6) is 17.2 Å². The van der Waals surface area contributed by atoms with Gasteiger partial charge in [0.1, 0.15) is 18.5 Å². The summed E-state index contributed by atoms with van der Waals surface area (Å²) in [5.41, 5.74) is 5.82. The molecule has 1 saturated carbocycles. The Balaban J connectivity index is 1.36. The molecule has 1 unspecified atom stereocenters. The molecule has 1 heterocycles. The minimum absolute atomic E-state index is 0.266. The molecule has 3 aromatic rings. The van der Waals surface area contributed by atoms with Crippen molar-refractivity contribution in [1.82, 2.24) is 5.32 Å². The van der Waals surface area contributed by atoms with Crippen LogP contribution in [0.15, 0.2) is 72.8 Å². The van der Waals surface area contributed by atoms with Gasteiger partial charge in [-0.25, -0.2) is 0 Å². The molecule has 0 radical (unpaired) electrons. The molecular weight excluding hydrogens is 450 g/mol. The molecule has 0 bridgehead atoms. The highest BCUT2D eigenvalue weighted by Gasteiger charge is 2.19. The van der Waals surface area contributed by atoms with Crippen LogP contribution in [0, 0.1) is 0 Å². The van der Waals surface area contributed by atoms with Gasteiger partial charge in [0.25, 0.3) is 0 Å². The summed E-state index contributed by atoms with van der Waals surface area (Å²) in [7, 11) is 0. The van der Waals surface area contributed by atoms with Crippen molar-refractivity contribution in [2.45, 2.75) is 51.2 Å². The first-order chi connectivity index (χ1) is 17.7. The largest absolute Gasteiger partial charge is 0.491 e. The molecule has 1 fully saturated rings. The number of rotatable bonds is 10. The van der Waals surface area contributed by atoms with E-state index in [-0.39, 0.29) is 13.4 Å². The van der Waals surface area contributed by atoms with Crippen molar-refractivity contribution in [2.24, 2.45) is 0 Å². The second-order valence-corrected chi connectivity index (χ2v) is 9.52. The molecule has 5 heteroatoms. The monoisotopic (exact) mass is 485 g/mol. The predicted octanol–water partition coefficient (Wildman–Crippen LogP) is 6.06. The van der Waals surface area contributed by atoms with Gasteiger partial charge in [-0.15, -0.1) is 0 Å². The molecule has 0 spiro atoms. The number of ether oxygens (including phenoxy) is 3. The normalized spacial score (nSPS) is 16.6. The van der Waals surface area contributed by atoms with E-state index in [2.05, 4.69) is 60.8 Å². The van der Waals surface area contributed by atoms with E-state index >= 15 is 0 Å². The van der Waals surface area contributed by atoms with Crippen LogP contribution in [-0.4, -0.2) is 37.2 Å². The lowest BCUT2D eigenvalue weighted by molar-refractivity contribution is 0.104. The van der Waals surface area contributed by atoms with Crippen LogP contribution < -0.4 is 19.5 Å². The van der Waals surface area contributed by atoms with Gasteiger partial charge >= 0.3 is 0 Å². The number of benzene rings is 3. The van der Waals surface area contributed by atoms with Crippen LogP contribution in [0.25, 0.3) is 11.1 Å². The van der Waals surface area contributed by atoms with Gasteiger partial charge in [-0.3, -0.25) is 0 Å². The van der Waals surface area contributed by atoms with Gasteiger partial charge in [-0.2, -0.15) is 0 Å². The molecule has 1 aliphatic carbocycles. The minimum atomic E-state index is -0.525. The fraction of sp³-hybridized carbons (Fsp3) is 0.355. The van der Waals surface area contributed by atoms with Crippen LogP contribution in [0.2, 0.25) is 0 Å². The van der Waals surface area contributed by atoms with Gasteiger partial charge < -0.3 is 24.6 Å². The van der Waals surface area contributed by atoms with Crippen molar-refractivity contribution in [2.75, 3.05) is 19.9 Å². The highest BCUT2D eigenvalue weighted by atomic mass is 16.7. The Morgan fingerprint density at radius 3 is 2.36 bits per heavy atom. The van der Waals surface area contributed by atoms with E-state index in [9.17, 15) is 5.11 Å². The Bertz CT molecular complexity index is 1170. The SMILES string of the molecule is CC/C(=C(\c1ccccc1)c1ccc(OCC(O)CNC2CCCC2)cc1)c1ccc2c(c1)OCO2. The average Bonchev–Trinajstić information content (AvgIpc) is 3.62. The van der Waals surface area contributed by atoms with Crippen LogP contribution in [-0.2, 0) is 0 Å². The summed E-state index contributed by atoms with van der Waals surface area (Å²) in [6.45, 7) is 3.29. The van der Waals surface area contributed by atoms with Crippen molar-refractivity contribution in [1.29, 1.82) is 0 Å². The van der Waals surface area contributed by atoms with Gasteiger partial charge in [0.2, 0.25) is 6.79 Å². The molecule has 0 saturated heterocycles. The quantitative estimate of drug-likeness (QED) is 0.342. The summed E-state index contributed by atoms with van der Waals surface area (Å²) < 4.78 is 17.1. The molecule has 5 rings (SSSR count). The second-order valence-electron chi connectivity index (χ2n) is 9.52. The maximum Gasteiger partial charge on any atom is 0.231 e. The molecule has 188 valence electrons. The Hall–Kier alpha value is -3.28. The third-order valence-corrected chi connectivity index (χ3v) is 7.02. The van der Waals surface area contributed by atoms with E-state index in [1.165, 1.54) is 36.8 Å². The Morgan fingerprint density at radius 2 is 1.61 bits per heavy atom. The summed E-state index contributed by atoms with van der Waals surface area (Å²) in [5.74, 6) is 2.33. The summed E-state index contributed by atoms with van der Waals surface area (Å²) in [6, 6.07) is 25.4. The van der Waals surface area contributed by atoms with E-state index in [0.29, 0.717) is 12.6 Å². The minimum Gasteiger partial charge on any atom is -0.491 e. The van der Waals surface area contributed by atoms with E-state index < -0.39 is 6.10 Å². The van der Waals surface area contributed by atoms with E-state index in [0.717, 1.165) is 40.4 Å². The summed E-state index contributed by atoms with van der Waals surface area (Å²) >= 11 is 0. The molecule has 0 aromatic heterocycles. The molecule has 5 nitrogen and oxygen atoms in total. The Kier molecular flexibility index (Phi) is 7.89. The molecular formula is C31H35NO4. The van der Waals surface area contributed by atoms with Gasteiger partial charge in [0.15, 0.2) is 11.5 Å². The fourth-order valence-electron chi connectivity index (χ4n) is 5.13. The third-order valence-electron chi connectivity index (χ3n) is 7.02. The number of nitrogens with one attached hydrogen (secondary N) is 1. The maximum absolute atomic E-state index is 10.3. The zero-order valence-corrected chi connectivity index (χ0v) is 20.9. The smallest absolute Gasteiger partial charge is 0.231 e. The van der Waals surface area contributed by atoms with Crippen molar-refractivity contribution >= 4 is 11.1 Å². The molecule has 3 aromatic carbocycles. The highest BCUT2D eigenvalue weighted by Crippen LogP contribution is 2.39. The number of aliphatic hydroxyl groups excluding tert-OH is 1. The molecule has 0 amide bonds. The lowest BCUT2D eigenvalue weighted by Crippen LogP contribution is -2.36. The second kappa shape index (κ2) is 11.6. The lowest BCUT2D eigenvalue weighted by atomic mass is 9.88. The van der Waals surface area contributed by atoms with E-state index in [1.54, 1.807) is 0 Å². The number of fused-ring (bicyclic) bond motifs is 1. The number of aliphatic hydroxyl groups is 1. The zero-order valence-electron chi connectivity index (χ0n) is 20.9. The van der Waals surface area contributed by atoms with Gasteiger partial charge in [-0.05, 0) is 71.4 Å². The van der Waals surface area contributed by atoms with Crippen LogP contribution in [0.1, 0.15) is 55.7 Å². The van der Waals surface area contributed by atoms with Crippen molar-refractivity contribution < 1.29 is 19.3 Å². The van der Waals surface area contributed by atoms with Crippen molar-refractivity contribution in [3.05, 3.63) is 89.5 Å². The topological polar surface area (TPSA) is 60.0 Å². The zero-order chi connectivity index (χ0) is 24.7. The summed E-state index contributed by atoms with van der Waals surface area (Å²) in [4.78, 5) is 0. The van der Waals surface area contributed by atoms with Crippen molar-refractivity contribution in [3.63, 3.8) is 0 Å². The maximum atomic E-state index is 10.3. The Morgan fingerprint density at radius 1 is 0.917 bits per heavy atom. The predicted molar refractivity (Wildman–Crippen MR) is 143 cm³/mol. The average molecular weight is 486 g/mol. The highest BCUT2D eigenvalue weighted by molar-refractivity contribution is 5.98. The molecule has 36 heavy (non-hydrogen) atoms. The third kappa shape index (κ3) is 5.75. The Labute approximate surface area is 213 Å². The molecule has 1 atom stereocenters. The van der Waals surface area contributed by atoms with Crippen LogP contribution >= 0.6 is 0 Å². The first kappa shape index (κ1) is 24.4. The fourth-order valence-corrected chi connectivity index (χ4v) is 5.13. The van der Waals surface area contributed by atoms with Crippen molar-refractivity contribution in [3.8, 4) is 17.2 Å². The first-order valence-corrected chi connectivity index (χ1v) is 13.0. The number of hydrogen-bond acceptors (Lipinski definition) is 5. The van der Waals surface area contributed by atoms with E-state index in [1.807, 2.05) is 24.3 Å². The van der Waals surface area contributed by atoms with Crippen LogP contribution in [0.3, 0.4) is 0 Å². The number of hydrogen-bond donors (Lipinski definition) is 2. The molecule has 1 aliphatic heterocycles. The lowest BCUT2D eigenvalue weighted by Gasteiger charge is -2.18. The summed E-state index contributed by atoms with van der Waals surface area (Å²) in [5, 5.41) is 13.8. The molecule has 2 aliphatic rings. The van der Waals surface area contributed by atoms with E-state index in [4.69, 9.17) is 14.2 Å².